The maximum absolute atomic E-state index is 9.10. The lowest BCUT2D eigenvalue weighted by Gasteiger charge is -2.14. The molecule has 0 fully saturated rings. The van der Waals surface area contributed by atoms with Crippen molar-refractivity contribution >= 4 is 17.3 Å². The highest BCUT2D eigenvalue weighted by Gasteiger charge is 1.99. The highest BCUT2D eigenvalue weighted by atomic mass is 35.5. The number of hydrazine groups is 1. The molecule has 0 aliphatic rings. The Bertz CT molecular complexity index is 298. The van der Waals surface area contributed by atoms with E-state index in [9.17, 15) is 0 Å². The number of halogens is 1. The fourth-order valence-electron chi connectivity index (χ4n) is 0.961. The van der Waals surface area contributed by atoms with E-state index in [-0.39, 0.29) is 12.8 Å². The Morgan fingerprint density at radius 1 is 1.53 bits per heavy atom. The van der Waals surface area contributed by atoms with Gasteiger partial charge in [-0.25, -0.2) is 0 Å². The molecule has 0 amide bonds. The molecule has 0 aromatic heterocycles. The molecule has 0 radical (unpaired) electrons. The summed E-state index contributed by atoms with van der Waals surface area (Å²) in [6.45, 7) is 0.182. The summed E-state index contributed by atoms with van der Waals surface area (Å²) in [4.78, 5) is 0. The third-order valence-corrected chi connectivity index (χ3v) is 1.78. The summed E-state index contributed by atoms with van der Waals surface area (Å²) in [6, 6.07) is 7.02. The van der Waals surface area contributed by atoms with Crippen molar-refractivity contribution in [2.45, 2.75) is 0 Å². The number of benzene rings is 1. The topological polar surface area (TPSA) is 54.0 Å². The van der Waals surface area contributed by atoms with Gasteiger partial charge in [0.25, 0.3) is 0 Å². The van der Waals surface area contributed by atoms with Gasteiger partial charge in [0.2, 0.25) is 0 Å². The number of ether oxygens (including phenoxy) is 2. The van der Waals surface area contributed by atoms with E-state index < -0.39 is 0 Å². The minimum absolute atomic E-state index is 0.0385. The number of methoxy groups -OCH3 is 1. The third-order valence-electron chi connectivity index (χ3n) is 1.55. The lowest BCUT2D eigenvalue weighted by Crippen LogP contribution is -2.24. The molecule has 6 heteroatoms. The fourth-order valence-corrected chi connectivity index (χ4v) is 1.02. The first-order valence-electron chi connectivity index (χ1n) is 4.27. The Kier molecular flexibility index (Phi) is 5.20. The second-order valence-corrected chi connectivity index (χ2v) is 2.95. The van der Waals surface area contributed by atoms with Gasteiger partial charge in [-0.1, -0.05) is 11.2 Å². The largest absolute Gasteiger partial charge is 0.467 e. The molecule has 15 heavy (non-hydrogen) atoms. The molecule has 0 aliphatic heterocycles. The number of alkyl halides is 1. The van der Waals surface area contributed by atoms with Crippen LogP contribution in [0, 0.1) is 0 Å². The molecule has 1 rings (SSSR count). The first-order valence-corrected chi connectivity index (χ1v) is 4.80. The van der Waals surface area contributed by atoms with Crippen LogP contribution in [-0.4, -0.2) is 30.3 Å². The van der Waals surface area contributed by atoms with Gasteiger partial charge in [-0.05, 0) is 12.1 Å². The molecule has 0 aliphatic carbocycles. The van der Waals surface area contributed by atoms with Gasteiger partial charge >= 0.3 is 0 Å². The maximum Gasteiger partial charge on any atom is 0.188 e. The van der Waals surface area contributed by atoms with Crippen LogP contribution in [0.4, 0.5) is 5.69 Å². The molecule has 0 spiro atoms. The van der Waals surface area contributed by atoms with E-state index in [2.05, 4.69) is 5.43 Å². The van der Waals surface area contributed by atoms with Crippen molar-refractivity contribution in [2.24, 2.45) is 0 Å². The number of nitrogens with zero attached hydrogens (tertiary/aromatic N) is 1. The molecule has 1 aromatic rings. The molecule has 0 atom stereocenters. The van der Waals surface area contributed by atoms with Gasteiger partial charge in [0, 0.05) is 13.2 Å². The van der Waals surface area contributed by atoms with Crippen LogP contribution in [0.1, 0.15) is 0 Å². The van der Waals surface area contributed by atoms with E-state index in [1.165, 1.54) is 0 Å². The van der Waals surface area contributed by atoms with Crippen LogP contribution in [0.15, 0.2) is 24.3 Å². The number of anilines is 1. The van der Waals surface area contributed by atoms with Crippen LogP contribution in [0.2, 0.25) is 0 Å². The Morgan fingerprint density at radius 3 is 3.00 bits per heavy atom. The monoisotopic (exact) mass is 232 g/mol. The summed E-state index contributed by atoms with van der Waals surface area (Å²) in [6.07, 6.45) is 0. The number of hydrogen-bond acceptors (Lipinski definition) is 5. The fraction of sp³-hybridized carbons (Fsp3) is 0.333. The molecule has 2 N–H and O–H groups in total. The Morgan fingerprint density at radius 2 is 2.33 bits per heavy atom. The minimum atomic E-state index is -0.0385. The minimum Gasteiger partial charge on any atom is -0.467 e. The Labute approximate surface area is 93.1 Å². The quantitative estimate of drug-likeness (QED) is 0.340. The van der Waals surface area contributed by atoms with Crippen molar-refractivity contribution in [1.82, 2.24) is 5.17 Å². The van der Waals surface area contributed by atoms with Crippen molar-refractivity contribution in [2.75, 3.05) is 25.3 Å². The van der Waals surface area contributed by atoms with Gasteiger partial charge in [0.1, 0.15) is 11.8 Å². The Balaban J connectivity index is 2.57. The lowest BCUT2D eigenvalue weighted by atomic mass is 10.3. The predicted octanol–water partition coefficient (Wildman–Crippen LogP) is 1.88. The standard InChI is InChI=1S/C9H13ClN2O3/c1-14-7-15-9-4-2-3-8(5-9)11-12(13)6-10/h2-5,11,13H,6-7H2,1H3. The van der Waals surface area contributed by atoms with E-state index >= 15 is 0 Å². The second-order valence-electron chi connectivity index (χ2n) is 2.71. The molecular formula is C9H13ClN2O3. The average Bonchev–Trinajstić information content (AvgIpc) is 2.26. The molecule has 0 bridgehead atoms. The van der Waals surface area contributed by atoms with E-state index in [0.717, 1.165) is 5.17 Å². The lowest BCUT2D eigenvalue weighted by molar-refractivity contribution is -0.0473. The number of nitrogens with one attached hydrogen (secondary N) is 1. The molecule has 5 nitrogen and oxygen atoms in total. The molecule has 0 saturated heterocycles. The summed E-state index contributed by atoms with van der Waals surface area (Å²) < 4.78 is 9.98. The van der Waals surface area contributed by atoms with Gasteiger partial charge in [-0.15, -0.1) is 11.6 Å². The van der Waals surface area contributed by atoms with E-state index in [1.807, 2.05) is 0 Å². The van der Waals surface area contributed by atoms with E-state index in [1.54, 1.807) is 31.4 Å². The van der Waals surface area contributed by atoms with Gasteiger partial charge in [0.05, 0.1) is 5.69 Å². The van der Waals surface area contributed by atoms with Gasteiger partial charge in [-0.3, -0.25) is 10.6 Å². The maximum atomic E-state index is 9.10. The molecule has 1 aromatic carbocycles. The number of hydroxylamine groups is 1. The zero-order valence-corrected chi connectivity index (χ0v) is 9.07. The molecular weight excluding hydrogens is 220 g/mol. The summed E-state index contributed by atoms with van der Waals surface area (Å²) in [7, 11) is 1.55. The van der Waals surface area contributed by atoms with Crippen molar-refractivity contribution in [3.63, 3.8) is 0 Å². The number of hydrogen-bond donors (Lipinski definition) is 2. The molecule has 0 unspecified atom stereocenters. The summed E-state index contributed by atoms with van der Waals surface area (Å²) in [5, 5.41) is 9.86. The second kappa shape index (κ2) is 6.47. The van der Waals surface area contributed by atoms with Crippen LogP contribution in [0.5, 0.6) is 5.75 Å². The van der Waals surface area contributed by atoms with Gasteiger partial charge < -0.3 is 9.47 Å². The normalized spacial score (nSPS) is 10.4. The van der Waals surface area contributed by atoms with E-state index in [4.69, 9.17) is 26.3 Å². The van der Waals surface area contributed by atoms with Crippen molar-refractivity contribution in [3.8, 4) is 5.75 Å². The first-order chi connectivity index (χ1) is 7.26. The van der Waals surface area contributed by atoms with Gasteiger partial charge in [0.15, 0.2) is 6.79 Å². The zero-order valence-electron chi connectivity index (χ0n) is 8.31. The van der Waals surface area contributed by atoms with Gasteiger partial charge in [-0.2, -0.15) is 0 Å². The van der Waals surface area contributed by atoms with E-state index in [0.29, 0.717) is 11.4 Å². The van der Waals surface area contributed by atoms with Crippen LogP contribution in [-0.2, 0) is 4.74 Å². The van der Waals surface area contributed by atoms with Crippen LogP contribution in [0.25, 0.3) is 0 Å². The SMILES string of the molecule is COCOc1cccc(NN(O)CCl)c1. The van der Waals surface area contributed by atoms with Crippen LogP contribution < -0.4 is 10.2 Å². The predicted molar refractivity (Wildman–Crippen MR) is 56.9 cm³/mol. The van der Waals surface area contributed by atoms with Crippen LogP contribution in [0.3, 0.4) is 0 Å². The average molecular weight is 233 g/mol. The summed E-state index contributed by atoms with van der Waals surface area (Å²) >= 11 is 5.39. The highest BCUT2D eigenvalue weighted by Crippen LogP contribution is 2.17. The molecule has 0 saturated carbocycles. The molecule has 84 valence electrons. The summed E-state index contributed by atoms with van der Waals surface area (Å²) in [5.74, 6) is 0.643. The summed E-state index contributed by atoms with van der Waals surface area (Å²) in [5.41, 5.74) is 3.32. The first kappa shape index (κ1) is 12.1. The highest BCUT2D eigenvalue weighted by molar-refractivity contribution is 6.17. The van der Waals surface area contributed by atoms with Crippen LogP contribution >= 0.6 is 11.6 Å². The zero-order chi connectivity index (χ0) is 11.1. The Hall–Kier alpha value is -1.01. The smallest absolute Gasteiger partial charge is 0.188 e. The molecule has 0 heterocycles. The van der Waals surface area contributed by atoms with Crippen molar-refractivity contribution < 1.29 is 14.7 Å². The van der Waals surface area contributed by atoms with Crippen molar-refractivity contribution in [1.29, 1.82) is 0 Å². The third kappa shape index (κ3) is 4.35. The van der Waals surface area contributed by atoms with Crippen molar-refractivity contribution in [3.05, 3.63) is 24.3 Å². The number of rotatable bonds is 6.